The molecule has 0 saturated carbocycles. The van der Waals surface area contributed by atoms with Gasteiger partial charge in [0.05, 0.1) is 6.61 Å². The molecule has 0 spiro atoms. The van der Waals surface area contributed by atoms with Gasteiger partial charge >= 0.3 is 5.97 Å². The number of Topliss-reactive ketones (excluding diaryl/α,β-unsaturated/α-hetero) is 1. The van der Waals surface area contributed by atoms with E-state index in [2.05, 4.69) is 0 Å². The average molecular weight is 284 g/mol. The highest BCUT2D eigenvalue weighted by atomic mass is 16.5. The van der Waals surface area contributed by atoms with E-state index in [4.69, 9.17) is 4.74 Å². The Bertz CT molecular complexity index is 703. The third-order valence-corrected chi connectivity index (χ3v) is 4.03. The number of ether oxygens (including phenoxy) is 1. The molecule has 0 N–H and O–H groups in total. The molecule has 0 heterocycles. The zero-order valence-electron chi connectivity index (χ0n) is 12.9. The highest BCUT2D eigenvalue weighted by Gasteiger charge is 2.43. The first kappa shape index (κ1) is 15.2. The molecule has 2 aromatic rings. The molecule has 0 fully saturated rings. The molecule has 0 saturated heterocycles. The van der Waals surface area contributed by atoms with Gasteiger partial charge in [0.15, 0.2) is 5.78 Å². The van der Waals surface area contributed by atoms with Crippen molar-refractivity contribution in [3.05, 3.63) is 47.5 Å². The molecular formula is C18H20O3. The number of ketones is 1. The normalized spacial score (nSPS) is 13.7. The van der Waals surface area contributed by atoms with Crippen molar-refractivity contribution in [2.24, 2.45) is 0 Å². The number of carbonyl (C=O) groups excluding carboxylic acids is 2. The highest BCUT2D eigenvalue weighted by molar-refractivity contribution is 6.11. The summed E-state index contributed by atoms with van der Waals surface area (Å²) >= 11 is 0. The summed E-state index contributed by atoms with van der Waals surface area (Å²) in [4.78, 5) is 24.7. The predicted molar refractivity (Wildman–Crippen MR) is 83.4 cm³/mol. The highest BCUT2D eigenvalue weighted by Crippen LogP contribution is 2.35. The topological polar surface area (TPSA) is 43.4 Å². The molecule has 0 aliphatic carbocycles. The van der Waals surface area contributed by atoms with Crippen molar-refractivity contribution in [3.8, 4) is 0 Å². The number of fused-ring (bicyclic) bond motifs is 1. The zero-order chi connectivity index (χ0) is 15.6. The third-order valence-electron chi connectivity index (χ3n) is 4.03. The Labute approximate surface area is 124 Å². The van der Waals surface area contributed by atoms with Crippen molar-refractivity contribution < 1.29 is 14.3 Å². The smallest absolute Gasteiger partial charge is 0.323 e. The van der Waals surface area contributed by atoms with Crippen LogP contribution in [-0.2, 0) is 19.7 Å². The molecule has 1 unspecified atom stereocenters. The van der Waals surface area contributed by atoms with Crippen molar-refractivity contribution in [3.63, 3.8) is 0 Å². The number of aryl methyl sites for hydroxylation is 1. The number of esters is 1. The van der Waals surface area contributed by atoms with E-state index < -0.39 is 11.4 Å². The maximum Gasteiger partial charge on any atom is 0.323 e. The minimum atomic E-state index is -1.28. The van der Waals surface area contributed by atoms with Crippen LogP contribution in [0.2, 0.25) is 0 Å². The van der Waals surface area contributed by atoms with Gasteiger partial charge < -0.3 is 4.74 Å². The second-order valence-corrected chi connectivity index (χ2v) is 5.38. The van der Waals surface area contributed by atoms with E-state index in [1.165, 1.54) is 6.92 Å². The standard InChI is InChI=1S/C18H20O3/c1-5-21-17(20)18(4,13(3)19)16-12(2)10-11-14-8-6-7-9-15(14)16/h6-11H,5H2,1-4H3. The number of benzene rings is 2. The molecule has 2 rings (SSSR count). The third kappa shape index (κ3) is 2.44. The van der Waals surface area contributed by atoms with E-state index >= 15 is 0 Å². The summed E-state index contributed by atoms with van der Waals surface area (Å²) in [7, 11) is 0. The fourth-order valence-electron chi connectivity index (χ4n) is 2.74. The number of carbonyl (C=O) groups is 2. The van der Waals surface area contributed by atoms with Gasteiger partial charge in [-0.1, -0.05) is 36.4 Å². The van der Waals surface area contributed by atoms with Gasteiger partial charge in [0.25, 0.3) is 0 Å². The average Bonchev–Trinajstić information content (AvgIpc) is 2.46. The molecule has 3 nitrogen and oxygen atoms in total. The Balaban J connectivity index is 2.80. The van der Waals surface area contributed by atoms with Gasteiger partial charge in [-0.2, -0.15) is 0 Å². The molecule has 0 aliphatic heterocycles. The monoisotopic (exact) mass is 284 g/mol. The van der Waals surface area contributed by atoms with Crippen LogP contribution in [0.3, 0.4) is 0 Å². The Morgan fingerprint density at radius 3 is 2.43 bits per heavy atom. The summed E-state index contributed by atoms with van der Waals surface area (Å²) in [6.07, 6.45) is 0. The summed E-state index contributed by atoms with van der Waals surface area (Å²) in [6.45, 7) is 7.02. The summed E-state index contributed by atoms with van der Waals surface area (Å²) < 4.78 is 5.17. The second kappa shape index (κ2) is 5.68. The Morgan fingerprint density at radius 2 is 1.81 bits per heavy atom. The molecule has 3 heteroatoms. The van der Waals surface area contributed by atoms with Crippen molar-refractivity contribution in [1.82, 2.24) is 0 Å². The molecule has 0 aromatic heterocycles. The van der Waals surface area contributed by atoms with Gasteiger partial charge in [0.1, 0.15) is 5.41 Å². The lowest BCUT2D eigenvalue weighted by molar-refractivity contribution is -0.152. The minimum Gasteiger partial charge on any atom is -0.465 e. The van der Waals surface area contributed by atoms with Crippen LogP contribution in [-0.4, -0.2) is 18.4 Å². The maximum atomic E-state index is 12.5. The van der Waals surface area contributed by atoms with Gasteiger partial charge in [-0.15, -0.1) is 0 Å². The number of hydrogen-bond acceptors (Lipinski definition) is 3. The van der Waals surface area contributed by atoms with Crippen molar-refractivity contribution >= 4 is 22.5 Å². The van der Waals surface area contributed by atoms with Crippen LogP contribution >= 0.6 is 0 Å². The van der Waals surface area contributed by atoms with Gasteiger partial charge in [0, 0.05) is 0 Å². The van der Waals surface area contributed by atoms with E-state index in [1.54, 1.807) is 13.8 Å². The van der Waals surface area contributed by atoms with Crippen LogP contribution in [0, 0.1) is 6.92 Å². The maximum absolute atomic E-state index is 12.5. The Hall–Kier alpha value is -2.16. The lowest BCUT2D eigenvalue weighted by atomic mass is 9.75. The largest absolute Gasteiger partial charge is 0.465 e. The van der Waals surface area contributed by atoms with E-state index in [0.717, 1.165) is 21.9 Å². The fourth-order valence-corrected chi connectivity index (χ4v) is 2.74. The number of hydrogen-bond donors (Lipinski definition) is 0. The van der Waals surface area contributed by atoms with Crippen molar-refractivity contribution in [1.29, 1.82) is 0 Å². The van der Waals surface area contributed by atoms with Gasteiger partial charge in [-0.3, -0.25) is 9.59 Å². The molecule has 0 aliphatic rings. The van der Waals surface area contributed by atoms with Crippen LogP contribution < -0.4 is 0 Å². The minimum absolute atomic E-state index is 0.208. The van der Waals surface area contributed by atoms with Gasteiger partial charge in [0.2, 0.25) is 0 Å². The fraction of sp³-hybridized carbons (Fsp3) is 0.333. The predicted octanol–water partition coefficient (Wildman–Crippen LogP) is 3.56. The van der Waals surface area contributed by atoms with E-state index in [-0.39, 0.29) is 12.4 Å². The Morgan fingerprint density at radius 1 is 1.14 bits per heavy atom. The van der Waals surface area contributed by atoms with Crippen LogP contribution in [0.25, 0.3) is 10.8 Å². The van der Waals surface area contributed by atoms with Crippen molar-refractivity contribution in [2.45, 2.75) is 33.1 Å². The van der Waals surface area contributed by atoms with E-state index in [1.807, 2.05) is 43.3 Å². The molecule has 110 valence electrons. The van der Waals surface area contributed by atoms with Gasteiger partial charge in [-0.25, -0.2) is 0 Å². The first-order valence-electron chi connectivity index (χ1n) is 7.10. The summed E-state index contributed by atoms with van der Waals surface area (Å²) in [5, 5.41) is 1.93. The van der Waals surface area contributed by atoms with Crippen LogP contribution in [0.1, 0.15) is 31.9 Å². The van der Waals surface area contributed by atoms with Crippen LogP contribution in [0.5, 0.6) is 0 Å². The summed E-state index contributed by atoms with van der Waals surface area (Å²) in [5.74, 6) is -0.697. The first-order chi connectivity index (χ1) is 9.92. The molecule has 1 atom stereocenters. The van der Waals surface area contributed by atoms with E-state index in [0.29, 0.717) is 0 Å². The Kier molecular flexibility index (Phi) is 4.12. The molecule has 21 heavy (non-hydrogen) atoms. The lowest BCUT2D eigenvalue weighted by Gasteiger charge is -2.28. The zero-order valence-corrected chi connectivity index (χ0v) is 12.9. The SMILES string of the molecule is CCOC(=O)C(C)(C(C)=O)c1c(C)ccc2ccccc12. The summed E-state index contributed by atoms with van der Waals surface area (Å²) in [5.41, 5.74) is 0.382. The molecule has 2 aromatic carbocycles. The van der Waals surface area contributed by atoms with Crippen LogP contribution in [0.15, 0.2) is 36.4 Å². The molecule has 0 amide bonds. The van der Waals surface area contributed by atoms with E-state index in [9.17, 15) is 9.59 Å². The molecule has 0 bridgehead atoms. The van der Waals surface area contributed by atoms with Gasteiger partial charge in [-0.05, 0) is 49.6 Å². The second-order valence-electron chi connectivity index (χ2n) is 5.38. The lowest BCUT2D eigenvalue weighted by Crippen LogP contribution is -2.41. The molecule has 0 radical (unpaired) electrons. The molecular weight excluding hydrogens is 264 g/mol. The quantitative estimate of drug-likeness (QED) is 0.637. The summed E-state index contributed by atoms with van der Waals surface area (Å²) in [6, 6.07) is 11.7. The first-order valence-corrected chi connectivity index (χ1v) is 7.10. The number of rotatable bonds is 4. The van der Waals surface area contributed by atoms with Crippen molar-refractivity contribution in [2.75, 3.05) is 6.61 Å². The van der Waals surface area contributed by atoms with Crippen LogP contribution in [0.4, 0.5) is 0 Å².